The summed E-state index contributed by atoms with van der Waals surface area (Å²) in [6, 6.07) is 33.0. The highest BCUT2D eigenvalue weighted by atomic mass is 16.7. The van der Waals surface area contributed by atoms with Crippen LogP contribution in [0.2, 0.25) is 0 Å². The van der Waals surface area contributed by atoms with E-state index < -0.39 is 6.16 Å². The fourth-order valence-electron chi connectivity index (χ4n) is 7.02. The Bertz CT molecular complexity index is 1920. The molecule has 6 aromatic rings. The molecule has 2 heterocycles. The van der Waals surface area contributed by atoms with Crippen LogP contribution in [0.5, 0.6) is 11.5 Å². The monoisotopic (exact) mass is 728 g/mol. The van der Waals surface area contributed by atoms with Crippen molar-refractivity contribution < 1.29 is 14.3 Å². The molecule has 2 N–H and O–H groups in total. The first-order valence-electron chi connectivity index (χ1n) is 19.3. The Kier molecular flexibility index (Phi) is 13.9. The predicted octanol–water partition coefficient (Wildman–Crippen LogP) is 7.05. The third-order valence-electron chi connectivity index (χ3n) is 9.86. The number of nitrogens with zero attached hydrogens (tertiary/aromatic N) is 4. The minimum absolute atomic E-state index is 0.515. The van der Waals surface area contributed by atoms with Gasteiger partial charge in [0.25, 0.3) is 0 Å². The minimum Gasteiger partial charge on any atom is -0.394 e. The number of aromatic nitrogens is 2. The highest BCUT2D eigenvalue weighted by molar-refractivity contribution is 5.93. The van der Waals surface area contributed by atoms with Gasteiger partial charge in [0.2, 0.25) is 0 Å². The normalized spacial score (nSPS) is 11.7. The van der Waals surface area contributed by atoms with Crippen LogP contribution in [0.3, 0.4) is 0 Å². The number of benzene rings is 4. The molecule has 6 rings (SSSR count). The molecule has 0 saturated heterocycles. The zero-order valence-electron chi connectivity index (χ0n) is 32.4. The van der Waals surface area contributed by atoms with Gasteiger partial charge in [-0.1, -0.05) is 72.8 Å². The molecule has 0 radical (unpaired) electrons. The molecule has 9 heteroatoms. The highest BCUT2D eigenvalue weighted by Gasteiger charge is 2.20. The number of rotatable bonds is 20. The molecular formula is C45H56N6O3. The van der Waals surface area contributed by atoms with Crippen LogP contribution in [0.25, 0.3) is 21.8 Å². The van der Waals surface area contributed by atoms with Crippen molar-refractivity contribution in [3.63, 3.8) is 0 Å². The van der Waals surface area contributed by atoms with Gasteiger partial charge in [-0.15, -0.1) is 0 Å². The number of hydrogen-bond acceptors (Lipinski definition) is 7. The Labute approximate surface area is 320 Å². The maximum atomic E-state index is 13.7. The number of nitrogens with one attached hydrogen (secondary N) is 2. The van der Waals surface area contributed by atoms with E-state index in [4.69, 9.17) is 9.47 Å². The number of carbonyl (C=O) groups excluding carboxylic acids is 1. The van der Waals surface area contributed by atoms with Crippen molar-refractivity contribution in [2.45, 2.75) is 38.8 Å². The lowest BCUT2D eigenvalue weighted by molar-refractivity contribution is 0.153. The molecule has 0 fully saturated rings. The fraction of sp³-hybridized carbons (Fsp3) is 0.356. The number of hydrogen-bond donors (Lipinski definition) is 2. The number of fused-ring (bicyclic) bond motifs is 2. The number of carbonyl (C=O) groups is 1. The molecule has 0 aliphatic carbocycles. The quantitative estimate of drug-likeness (QED) is 0.0496. The van der Waals surface area contributed by atoms with Crippen LogP contribution in [0, 0.1) is 0 Å². The largest absolute Gasteiger partial charge is 0.519 e. The molecule has 2 aromatic heterocycles. The van der Waals surface area contributed by atoms with Gasteiger partial charge in [-0.25, -0.2) is 4.79 Å². The first-order chi connectivity index (χ1) is 26.4. The van der Waals surface area contributed by atoms with Crippen molar-refractivity contribution in [2.75, 3.05) is 67.5 Å². The molecule has 0 spiro atoms. The molecule has 284 valence electrons. The molecule has 54 heavy (non-hydrogen) atoms. The van der Waals surface area contributed by atoms with E-state index >= 15 is 0 Å². The van der Waals surface area contributed by atoms with Gasteiger partial charge in [0.15, 0.2) is 0 Å². The molecule has 0 aliphatic rings. The van der Waals surface area contributed by atoms with Gasteiger partial charge in [-0.3, -0.25) is 0 Å². The van der Waals surface area contributed by atoms with Crippen LogP contribution in [0.1, 0.15) is 22.3 Å². The van der Waals surface area contributed by atoms with Crippen LogP contribution in [0.15, 0.2) is 109 Å². The lowest BCUT2D eigenvalue weighted by Crippen LogP contribution is -2.22. The van der Waals surface area contributed by atoms with E-state index in [1.165, 1.54) is 11.1 Å². The van der Waals surface area contributed by atoms with E-state index in [1.54, 1.807) is 0 Å². The van der Waals surface area contributed by atoms with Gasteiger partial charge in [-0.05, 0) is 113 Å². The summed E-state index contributed by atoms with van der Waals surface area (Å²) in [6.07, 6.45) is 7.32. The smallest absolute Gasteiger partial charge is 0.394 e. The van der Waals surface area contributed by atoms with Crippen molar-refractivity contribution in [1.82, 2.24) is 29.6 Å². The second-order valence-electron chi connectivity index (χ2n) is 14.5. The molecule has 9 nitrogen and oxygen atoms in total. The van der Waals surface area contributed by atoms with Crippen molar-refractivity contribution >= 4 is 28.0 Å². The van der Waals surface area contributed by atoms with Gasteiger partial charge in [0.1, 0.15) is 11.5 Å². The van der Waals surface area contributed by atoms with Gasteiger partial charge in [0.05, 0.1) is 11.0 Å². The lowest BCUT2D eigenvalue weighted by Gasteiger charge is -2.12. The standard InChI is InChI=1S/C45H56N6O3/c1-48(2)29-23-37-33-50(31-27-46-25-21-35-13-7-5-8-14-35)39-17-11-19-41(43(37)39)53-45(52)54-42-20-12-18-40-44(42)38(24-30-49(3)4)34-51(40)32-28-47-26-22-36-15-9-6-10-16-36/h5-20,33-34,46-47H,21-32H2,1-4H3. The summed E-state index contributed by atoms with van der Waals surface area (Å²) in [5, 5.41) is 9.10. The molecule has 0 bridgehead atoms. The zero-order valence-corrected chi connectivity index (χ0v) is 32.4. The van der Waals surface area contributed by atoms with Crippen LogP contribution in [-0.2, 0) is 38.8 Å². The topological polar surface area (TPSA) is 75.9 Å². The molecule has 0 aliphatic heterocycles. The number of likely N-dealkylation sites (N-methyl/N-ethyl adjacent to an activating group) is 2. The summed E-state index contributed by atoms with van der Waals surface area (Å²) < 4.78 is 16.7. The minimum atomic E-state index is -0.738. The van der Waals surface area contributed by atoms with Crippen molar-refractivity contribution in [3.05, 3.63) is 132 Å². The van der Waals surface area contributed by atoms with Crippen LogP contribution in [0.4, 0.5) is 4.79 Å². The molecule has 0 amide bonds. The average Bonchev–Trinajstić information content (AvgIpc) is 3.72. The van der Waals surface area contributed by atoms with Gasteiger partial charge >= 0.3 is 6.16 Å². The molecule has 0 unspecified atom stereocenters. The predicted molar refractivity (Wildman–Crippen MR) is 221 cm³/mol. The highest BCUT2D eigenvalue weighted by Crippen LogP contribution is 2.34. The summed E-state index contributed by atoms with van der Waals surface area (Å²) in [5.41, 5.74) is 7.04. The summed E-state index contributed by atoms with van der Waals surface area (Å²) in [4.78, 5) is 18.0. The molecule has 0 atom stereocenters. The van der Waals surface area contributed by atoms with Gasteiger partial charge in [-0.2, -0.15) is 0 Å². The Balaban J connectivity index is 1.16. The van der Waals surface area contributed by atoms with Crippen LogP contribution < -0.4 is 20.1 Å². The Morgan fingerprint density at radius 1 is 0.537 bits per heavy atom. The third kappa shape index (κ3) is 10.6. The lowest BCUT2D eigenvalue weighted by atomic mass is 10.1. The summed E-state index contributed by atoms with van der Waals surface area (Å²) in [5.74, 6) is 1.03. The zero-order chi connectivity index (χ0) is 37.7. The van der Waals surface area contributed by atoms with Crippen LogP contribution in [-0.4, -0.2) is 92.5 Å². The first-order valence-corrected chi connectivity index (χ1v) is 19.3. The van der Waals surface area contributed by atoms with E-state index in [9.17, 15) is 4.79 Å². The molecular weight excluding hydrogens is 673 g/mol. The average molecular weight is 729 g/mol. The SMILES string of the molecule is CN(C)CCc1cn(CCNCCc2ccccc2)c2cccc(OC(=O)Oc3cccc4c3c(CCN(C)C)cn4CCNCCc3ccccc3)c12. The first kappa shape index (κ1) is 38.8. The summed E-state index contributed by atoms with van der Waals surface area (Å²) in [7, 11) is 8.31. The Morgan fingerprint density at radius 3 is 1.37 bits per heavy atom. The molecule has 4 aromatic carbocycles. The maximum Gasteiger partial charge on any atom is 0.519 e. The van der Waals surface area contributed by atoms with Crippen molar-refractivity contribution in [2.24, 2.45) is 0 Å². The van der Waals surface area contributed by atoms with Crippen molar-refractivity contribution in [3.8, 4) is 11.5 Å². The van der Waals surface area contributed by atoms with E-state index in [2.05, 4.69) is 143 Å². The third-order valence-corrected chi connectivity index (χ3v) is 9.86. The van der Waals surface area contributed by atoms with E-state index in [1.807, 2.05) is 24.3 Å². The fourth-order valence-corrected chi connectivity index (χ4v) is 7.02. The summed E-state index contributed by atoms with van der Waals surface area (Å²) in [6.45, 7) is 6.86. The van der Waals surface area contributed by atoms with E-state index in [0.717, 1.165) is 111 Å². The Hall–Kier alpha value is -4.93. The maximum absolute atomic E-state index is 13.7. The molecule has 0 saturated carbocycles. The summed E-state index contributed by atoms with van der Waals surface area (Å²) >= 11 is 0. The van der Waals surface area contributed by atoms with E-state index in [-0.39, 0.29) is 0 Å². The Morgan fingerprint density at radius 2 is 0.963 bits per heavy atom. The van der Waals surface area contributed by atoms with Gasteiger partial charge < -0.3 is 39.0 Å². The van der Waals surface area contributed by atoms with E-state index in [0.29, 0.717) is 11.5 Å². The second kappa shape index (κ2) is 19.4. The van der Waals surface area contributed by atoms with Crippen LogP contribution >= 0.6 is 0 Å². The van der Waals surface area contributed by atoms with Crippen molar-refractivity contribution in [1.29, 1.82) is 0 Å². The van der Waals surface area contributed by atoms with Gasteiger partial charge in [0, 0.05) is 62.4 Å². The number of ether oxygens (including phenoxy) is 2. The second-order valence-corrected chi connectivity index (χ2v) is 14.5.